The number of aromatic amines is 1. The molecule has 11 nitrogen and oxygen atoms in total. The Hall–Kier alpha value is -5.10. The predicted molar refractivity (Wildman–Crippen MR) is 153 cm³/mol. The van der Waals surface area contributed by atoms with Crippen LogP contribution in [-0.2, 0) is 21.2 Å². The third-order valence-corrected chi connectivity index (χ3v) is 7.19. The van der Waals surface area contributed by atoms with Gasteiger partial charge in [-0.1, -0.05) is 18.2 Å². The maximum absolute atomic E-state index is 13.5. The highest BCUT2D eigenvalue weighted by Gasteiger charge is 2.20. The van der Waals surface area contributed by atoms with Crippen LogP contribution in [0.3, 0.4) is 0 Å². The Morgan fingerprint density at radius 1 is 0.825 bits per heavy atom. The van der Waals surface area contributed by atoms with Crippen molar-refractivity contribution in [2.75, 3.05) is 29.6 Å². The molecule has 12 heteroatoms. The molecule has 5 rings (SSSR count). The van der Waals surface area contributed by atoms with Gasteiger partial charge >= 0.3 is 0 Å². The minimum absolute atomic E-state index is 0.0123. The fourth-order valence-electron chi connectivity index (χ4n) is 3.96. The number of rotatable bonds is 10. The molecule has 2 heterocycles. The van der Waals surface area contributed by atoms with E-state index in [0.717, 1.165) is 5.69 Å². The van der Waals surface area contributed by atoms with Crippen LogP contribution in [0.25, 0.3) is 11.0 Å². The molecule has 0 atom stereocenters. The normalized spacial score (nSPS) is 11.2. The second-order valence-electron chi connectivity index (χ2n) is 8.69. The van der Waals surface area contributed by atoms with Crippen LogP contribution in [0.1, 0.15) is 5.69 Å². The molecular weight excluding hydrogens is 532 g/mol. The number of carbonyl (C=O) groups excluding carboxylic acids is 1. The first kappa shape index (κ1) is 26.5. The van der Waals surface area contributed by atoms with Crippen molar-refractivity contribution in [1.82, 2.24) is 15.0 Å². The zero-order valence-electron chi connectivity index (χ0n) is 21.6. The molecule has 0 aliphatic carbocycles. The number of carbonyl (C=O) groups is 1. The van der Waals surface area contributed by atoms with Gasteiger partial charge in [0.1, 0.15) is 11.5 Å². The molecule has 2 aromatic heterocycles. The van der Waals surface area contributed by atoms with Gasteiger partial charge < -0.3 is 25.1 Å². The second kappa shape index (κ2) is 11.3. The van der Waals surface area contributed by atoms with Gasteiger partial charge in [-0.3, -0.25) is 9.52 Å². The number of ether oxygens (including phenoxy) is 2. The molecular formula is C28H26N6O5S. The van der Waals surface area contributed by atoms with Crippen LogP contribution in [0.5, 0.6) is 11.5 Å². The molecule has 1 amide bonds. The molecule has 0 radical (unpaired) electrons. The van der Waals surface area contributed by atoms with E-state index >= 15 is 0 Å². The van der Waals surface area contributed by atoms with Crippen LogP contribution in [0.15, 0.2) is 90.0 Å². The Bertz CT molecular complexity index is 1750. The van der Waals surface area contributed by atoms with Gasteiger partial charge in [0.25, 0.3) is 10.0 Å². The van der Waals surface area contributed by atoms with Crippen LogP contribution in [0, 0.1) is 0 Å². The first-order valence-corrected chi connectivity index (χ1v) is 13.6. The smallest absolute Gasteiger partial charge is 0.263 e. The number of H-pyrrole nitrogens is 1. The van der Waals surface area contributed by atoms with Crippen molar-refractivity contribution >= 4 is 50.0 Å². The second-order valence-corrected chi connectivity index (χ2v) is 10.4. The lowest BCUT2D eigenvalue weighted by molar-refractivity contribution is -0.115. The van der Waals surface area contributed by atoms with Crippen LogP contribution in [0.2, 0.25) is 0 Å². The minimum atomic E-state index is -4.13. The van der Waals surface area contributed by atoms with Gasteiger partial charge in [0.15, 0.2) is 11.6 Å². The van der Waals surface area contributed by atoms with E-state index in [-0.39, 0.29) is 28.9 Å². The minimum Gasteiger partial charge on any atom is -0.497 e. The predicted octanol–water partition coefficient (Wildman–Crippen LogP) is 4.70. The molecule has 40 heavy (non-hydrogen) atoms. The molecule has 204 valence electrons. The summed E-state index contributed by atoms with van der Waals surface area (Å²) in [5, 5.41) is 5.86. The van der Waals surface area contributed by atoms with E-state index in [4.69, 9.17) is 9.47 Å². The van der Waals surface area contributed by atoms with Crippen molar-refractivity contribution in [3.8, 4) is 11.5 Å². The average molecular weight is 559 g/mol. The summed E-state index contributed by atoms with van der Waals surface area (Å²) in [5.74, 6) is 0.945. The van der Waals surface area contributed by atoms with E-state index < -0.39 is 10.0 Å². The SMILES string of the molecule is COc1cc(Nc2nc3ccccc3nc2NS(=O)(=O)c2cccc(NC(=O)Cc3ccc[nH]3)c2)cc(OC)c1. The summed E-state index contributed by atoms with van der Waals surface area (Å²) in [4.78, 5) is 24.5. The summed E-state index contributed by atoms with van der Waals surface area (Å²) in [6.45, 7) is 0. The standard InChI is InChI=1S/C28H26N6O5S/c1-38-21-13-20(14-22(17-21)39-2)31-27-28(33-25-11-4-3-10-24(25)32-27)34-40(36,37)23-9-5-7-19(15-23)30-26(35)16-18-8-6-12-29-18/h3-15,17,29H,16H2,1-2H3,(H,30,35)(H,31,32)(H,33,34). The molecule has 0 aliphatic rings. The van der Waals surface area contributed by atoms with E-state index in [1.54, 1.807) is 66.9 Å². The quantitative estimate of drug-likeness (QED) is 0.193. The average Bonchev–Trinajstić information content (AvgIpc) is 3.46. The van der Waals surface area contributed by atoms with Crippen molar-refractivity contribution in [3.63, 3.8) is 0 Å². The van der Waals surface area contributed by atoms with Gasteiger partial charge in [-0.25, -0.2) is 18.4 Å². The third kappa shape index (κ3) is 6.13. The Labute approximate surface area is 230 Å². The van der Waals surface area contributed by atoms with Gasteiger partial charge in [-0.2, -0.15) is 0 Å². The van der Waals surface area contributed by atoms with Crippen LogP contribution in [0.4, 0.5) is 23.0 Å². The fraction of sp³-hybridized carbons (Fsp3) is 0.107. The van der Waals surface area contributed by atoms with Gasteiger partial charge in [-0.05, 0) is 42.5 Å². The third-order valence-electron chi connectivity index (χ3n) is 5.86. The van der Waals surface area contributed by atoms with Gasteiger partial charge in [0, 0.05) is 41.5 Å². The van der Waals surface area contributed by atoms with E-state index in [0.29, 0.717) is 33.9 Å². The fourth-order valence-corrected chi connectivity index (χ4v) is 5.01. The number of sulfonamides is 1. The molecule has 4 N–H and O–H groups in total. The van der Waals surface area contributed by atoms with Crippen molar-refractivity contribution in [2.24, 2.45) is 0 Å². The lowest BCUT2D eigenvalue weighted by atomic mass is 10.2. The number of nitrogens with one attached hydrogen (secondary N) is 4. The lowest BCUT2D eigenvalue weighted by Gasteiger charge is -2.15. The summed E-state index contributed by atoms with van der Waals surface area (Å²) < 4.78 is 40.2. The zero-order chi connectivity index (χ0) is 28.1. The summed E-state index contributed by atoms with van der Waals surface area (Å²) in [5.41, 5.74) is 2.69. The lowest BCUT2D eigenvalue weighted by Crippen LogP contribution is -2.17. The van der Waals surface area contributed by atoms with Crippen molar-refractivity contribution in [3.05, 3.63) is 90.8 Å². The Morgan fingerprint density at radius 2 is 1.52 bits per heavy atom. The largest absolute Gasteiger partial charge is 0.497 e. The monoisotopic (exact) mass is 558 g/mol. The molecule has 3 aromatic carbocycles. The number of hydrogen-bond acceptors (Lipinski definition) is 8. The van der Waals surface area contributed by atoms with Crippen molar-refractivity contribution in [2.45, 2.75) is 11.3 Å². The topological polar surface area (TPSA) is 147 Å². The molecule has 0 aliphatic heterocycles. The Balaban J connectivity index is 1.45. The first-order valence-electron chi connectivity index (χ1n) is 12.1. The number of fused-ring (bicyclic) bond motifs is 1. The number of benzene rings is 3. The number of aromatic nitrogens is 3. The highest BCUT2D eigenvalue weighted by atomic mass is 32.2. The number of anilines is 4. The summed E-state index contributed by atoms with van der Waals surface area (Å²) in [6, 6.07) is 21.8. The molecule has 0 spiro atoms. The number of methoxy groups -OCH3 is 2. The number of para-hydroxylation sites is 2. The number of hydrogen-bond donors (Lipinski definition) is 4. The van der Waals surface area contributed by atoms with Gasteiger partial charge in [-0.15, -0.1) is 0 Å². The van der Waals surface area contributed by atoms with Crippen LogP contribution < -0.4 is 24.8 Å². The molecule has 0 unspecified atom stereocenters. The van der Waals surface area contributed by atoms with E-state index in [1.807, 2.05) is 6.07 Å². The van der Waals surface area contributed by atoms with Gasteiger partial charge in [0.2, 0.25) is 5.91 Å². The Morgan fingerprint density at radius 3 is 2.17 bits per heavy atom. The molecule has 5 aromatic rings. The highest BCUT2D eigenvalue weighted by molar-refractivity contribution is 7.92. The maximum atomic E-state index is 13.5. The number of amides is 1. The van der Waals surface area contributed by atoms with Crippen molar-refractivity contribution < 1.29 is 22.7 Å². The van der Waals surface area contributed by atoms with Crippen molar-refractivity contribution in [1.29, 1.82) is 0 Å². The summed E-state index contributed by atoms with van der Waals surface area (Å²) >= 11 is 0. The van der Waals surface area contributed by atoms with E-state index in [9.17, 15) is 13.2 Å². The first-order chi connectivity index (χ1) is 19.3. The summed E-state index contributed by atoms with van der Waals surface area (Å²) in [6.07, 6.45) is 1.85. The Kier molecular flexibility index (Phi) is 7.51. The maximum Gasteiger partial charge on any atom is 0.263 e. The van der Waals surface area contributed by atoms with E-state index in [1.165, 1.54) is 26.4 Å². The number of nitrogens with zero attached hydrogens (tertiary/aromatic N) is 2. The zero-order valence-corrected chi connectivity index (χ0v) is 22.5. The molecule has 0 saturated carbocycles. The van der Waals surface area contributed by atoms with Crippen LogP contribution in [-0.4, -0.2) is 43.5 Å². The molecule has 0 bridgehead atoms. The summed E-state index contributed by atoms with van der Waals surface area (Å²) in [7, 11) is -1.07. The van der Waals surface area contributed by atoms with Crippen LogP contribution >= 0.6 is 0 Å². The van der Waals surface area contributed by atoms with E-state index in [2.05, 4.69) is 30.3 Å². The van der Waals surface area contributed by atoms with Gasteiger partial charge in [0.05, 0.1) is 36.6 Å². The molecule has 0 saturated heterocycles. The highest BCUT2D eigenvalue weighted by Crippen LogP contribution is 2.31. The molecule has 0 fully saturated rings.